The van der Waals surface area contributed by atoms with Gasteiger partial charge in [-0.15, -0.1) is 0 Å². The van der Waals surface area contributed by atoms with Crippen LogP contribution in [0.2, 0.25) is 0 Å². The van der Waals surface area contributed by atoms with E-state index in [0.29, 0.717) is 317 Å². The van der Waals surface area contributed by atoms with Crippen molar-refractivity contribution in [2.45, 2.75) is 32.1 Å². The predicted molar refractivity (Wildman–Crippen MR) is 308 cm³/mol. The molecule has 1 saturated carbocycles. The lowest BCUT2D eigenvalue weighted by Crippen LogP contribution is -2.22. The minimum Gasteiger partial charge on any atom is -0.385 e. The lowest BCUT2D eigenvalue weighted by Gasteiger charge is -2.16. The third-order valence-corrected chi connectivity index (χ3v) is 12.1. The summed E-state index contributed by atoms with van der Waals surface area (Å²) in [4.78, 5) is 0. The molecular weight excluding hydrogens is 1110 g/mol. The monoisotopic (exact) mass is 1220 g/mol. The molecule has 0 bridgehead atoms. The van der Waals surface area contributed by atoms with Crippen LogP contribution in [0.4, 0.5) is 0 Å². The van der Waals surface area contributed by atoms with Crippen LogP contribution in [0.25, 0.3) is 0 Å². The van der Waals surface area contributed by atoms with Gasteiger partial charge in [0.15, 0.2) is 0 Å². The Morgan fingerprint density at radius 1 is 0.274 bits per heavy atom. The molecule has 0 saturated heterocycles. The first kappa shape index (κ1) is 78.3. The molecule has 1 fully saturated rings. The Bertz CT molecular complexity index is 1360. The standard InChI is InChI=1S/C57H112N4O23/c58-5-7-62-9-11-64-13-15-66-17-19-68-21-23-70-25-27-72-29-31-74-33-35-76-37-39-78-41-43-80-45-47-82-49-51-84-52-50-83-48-46-81-44-42-79-40-38-77-36-34-75-32-30-73-28-26-71-24-22-69-20-18-67-16-14-65-12-10-63-8-6-60-56-3-1-54-53-55(54)2-4-57(56)61-59/h54-55,59-60H,1-53,58H2/b57-56-,61-59?. The molecule has 27 heteroatoms. The van der Waals surface area contributed by atoms with E-state index in [1.807, 2.05) is 0 Å². The fourth-order valence-corrected chi connectivity index (χ4v) is 7.58. The molecule has 4 N–H and O–H groups in total. The van der Waals surface area contributed by atoms with Gasteiger partial charge < -0.3 is 120 Å². The van der Waals surface area contributed by atoms with Gasteiger partial charge in [0.2, 0.25) is 0 Å². The molecule has 0 aromatic heterocycles. The number of fused-ring (bicyclic) bond motifs is 1. The minimum atomic E-state index is 0.485. The maximum Gasteiger partial charge on any atom is 0.0812 e. The molecule has 0 spiro atoms. The number of hydrogen-bond acceptors (Lipinski definition) is 27. The lowest BCUT2D eigenvalue weighted by molar-refractivity contribution is -0.0318. The molecule has 0 aliphatic heterocycles. The molecule has 2 atom stereocenters. The Kier molecular flexibility index (Phi) is 62.5. The van der Waals surface area contributed by atoms with Crippen LogP contribution >= 0.6 is 0 Å². The minimum absolute atomic E-state index is 0.485. The Morgan fingerprint density at radius 3 is 0.643 bits per heavy atom. The summed E-state index contributed by atoms with van der Waals surface area (Å²) in [6.45, 7) is 24.3. The van der Waals surface area contributed by atoms with Gasteiger partial charge >= 0.3 is 0 Å². The summed E-state index contributed by atoms with van der Waals surface area (Å²) < 4.78 is 127. The summed E-state index contributed by atoms with van der Waals surface area (Å²) in [5.74, 6) is 1.74. The van der Waals surface area contributed by atoms with Gasteiger partial charge in [0.05, 0.1) is 310 Å². The summed E-state index contributed by atoms with van der Waals surface area (Å²) in [6.07, 6.45) is 5.62. The third kappa shape index (κ3) is 57.9. The smallest absolute Gasteiger partial charge is 0.0812 e. The average molecular weight is 1220 g/mol. The van der Waals surface area contributed by atoms with E-state index >= 15 is 0 Å². The molecular formula is C57H112N4O23. The van der Waals surface area contributed by atoms with Crippen molar-refractivity contribution in [2.24, 2.45) is 22.7 Å². The fourth-order valence-electron chi connectivity index (χ4n) is 7.58. The zero-order valence-corrected chi connectivity index (χ0v) is 51.0. The summed E-state index contributed by atoms with van der Waals surface area (Å²) in [5, 5.41) is 7.23. The maximum atomic E-state index is 7.52. The van der Waals surface area contributed by atoms with Crippen molar-refractivity contribution in [1.82, 2.24) is 5.32 Å². The molecule has 2 aliphatic carbocycles. The normalized spacial score (nSPS) is 16.1. The highest BCUT2D eigenvalue weighted by molar-refractivity contribution is 5.14. The number of rotatable bonds is 73. The van der Waals surface area contributed by atoms with Crippen LogP contribution in [-0.2, 0) is 109 Å². The first-order valence-corrected chi connectivity index (χ1v) is 30.7. The SMILES string of the molecule is N=N/C1=C(\NCCOCCOCCOCCOCCOCCOCCOCCOCCOCCOCCOCCOCCOCCOCCOCCOCCOCCOCCOCCOCCOCCOCCOCCN)CCC2CC2CC1. The Morgan fingerprint density at radius 2 is 0.452 bits per heavy atom. The van der Waals surface area contributed by atoms with Crippen molar-refractivity contribution in [3.05, 3.63) is 11.4 Å². The lowest BCUT2D eigenvalue weighted by atomic mass is 10.0. The van der Waals surface area contributed by atoms with Crippen LogP contribution in [0.5, 0.6) is 0 Å². The van der Waals surface area contributed by atoms with Gasteiger partial charge in [-0.2, -0.15) is 5.11 Å². The van der Waals surface area contributed by atoms with Crippen LogP contribution in [0.3, 0.4) is 0 Å². The third-order valence-electron chi connectivity index (χ3n) is 12.1. The number of ether oxygens (including phenoxy) is 23. The zero-order chi connectivity index (χ0) is 59.5. The van der Waals surface area contributed by atoms with E-state index in [1.54, 1.807) is 0 Å². The Balaban J connectivity index is 1.09. The molecule has 0 aromatic carbocycles. The molecule has 84 heavy (non-hydrogen) atoms. The molecule has 0 radical (unpaired) electrons. The van der Waals surface area contributed by atoms with Crippen LogP contribution < -0.4 is 11.1 Å². The highest BCUT2D eigenvalue weighted by atomic mass is 16.6. The first-order chi connectivity index (χ1) is 41.8. The topological polar surface area (TPSA) is 287 Å². The fraction of sp³-hybridized carbons (Fsp3) is 0.965. The predicted octanol–water partition coefficient (Wildman–Crippen LogP) is 2.37. The molecule has 0 heterocycles. The number of nitrogens with one attached hydrogen (secondary N) is 2. The van der Waals surface area contributed by atoms with Crippen LogP contribution in [-0.4, -0.2) is 317 Å². The highest BCUT2D eigenvalue weighted by Crippen LogP contribution is 2.47. The maximum absolute atomic E-state index is 7.52. The van der Waals surface area contributed by atoms with Gasteiger partial charge in [0, 0.05) is 18.8 Å². The van der Waals surface area contributed by atoms with E-state index in [4.69, 9.17) is 120 Å². The van der Waals surface area contributed by atoms with Gasteiger partial charge in [-0.3, -0.25) is 0 Å². The van der Waals surface area contributed by atoms with E-state index in [0.717, 1.165) is 36.1 Å². The highest BCUT2D eigenvalue weighted by Gasteiger charge is 2.37. The summed E-state index contributed by atoms with van der Waals surface area (Å²) in [6, 6.07) is 0. The number of allylic oxidation sites excluding steroid dienone is 2. The van der Waals surface area contributed by atoms with E-state index in [2.05, 4.69) is 10.4 Å². The van der Waals surface area contributed by atoms with Crippen LogP contribution in [0.1, 0.15) is 32.1 Å². The Hall–Kier alpha value is -1.82. The molecule has 498 valence electrons. The quantitative estimate of drug-likeness (QED) is 0.0582. The van der Waals surface area contributed by atoms with Crippen molar-refractivity contribution < 1.29 is 109 Å². The van der Waals surface area contributed by atoms with Crippen LogP contribution in [0, 0.1) is 17.4 Å². The molecule has 2 aliphatic rings. The van der Waals surface area contributed by atoms with Gasteiger partial charge in [0.25, 0.3) is 0 Å². The summed E-state index contributed by atoms with van der Waals surface area (Å²) >= 11 is 0. The Labute approximate surface area is 501 Å². The number of hydrogen-bond donors (Lipinski definition) is 3. The van der Waals surface area contributed by atoms with E-state index in [9.17, 15) is 0 Å². The summed E-state index contributed by atoms with van der Waals surface area (Å²) in [5.41, 5.74) is 14.9. The zero-order valence-electron chi connectivity index (χ0n) is 51.0. The van der Waals surface area contributed by atoms with Gasteiger partial charge in [-0.25, -0.2) is 5.53 Å². The van der Waals surface area contributed by atoms with Crippen molar-refractivity contribution >= 4 is 0 Å². The van der Waals surface area contributed by atoms with Gasteiger partial charge in [-0.05, 0) is 43.9 Å². The number of nitrogens with two attached hydrogens (primary N) is 1. The van der Waals surface area contributed by atoms with Crippen molar-refractivity contribution in [3.8, 4) is 0 Å². The first-order valence-electron chi connectivity index (χ1n) is 30.7. The van der Waals surface area contributed by atoms with Crippen molar-refractivity contribution in [3.63, 3.8) is 0 Å². The second kappa shape index (κ2) is 67.1. The van der Waals surface area contributed by atoms with Crippen molar-refractivity contribution in [1.29, 1.82) is 5.53 Å². The second-order valence-electron chi connectivity index (χ2n) is 18.7. The van der Waals surface area contributed by atoms with Gasteiger partial charge in [-0.1, -0.05) is 0 Å². The van der Waals surface area contributed by atoms with E-state index < -0.39 is 0 Å². The van der Waals surface area contributed by atoms with Gasteiger partial charge in [0.1, 0.15) is 0 Å². The molecule has 0 amide bonds. The molecule has 2 rings (SSSR count). The molecule has 2 unspecified atom stereocenters. The summed E-state index contributed by atoms with van der Waals surface area (Å²) in [7, 11) is 0. The molecule has 27 nitrogen and oxygen atoms in total. The van der Waals surface area contributed by atoms with Crippen LogP contribution in [0.15, 0.2) is 16.5 Å². The van der Waals surface area contributed by atoms with E-state index in [1.165, 1.54) is 19.3 Å². The number of nitrogens with zero attached hydrogens (tertiary/aromatic N) is 1. The van der Waals surface area contributed by atoms with Crippen molar-refractivity contribution in [2.75, 3.05) is 317 Å². The average Bonchev–Trinajstić information content (AvgIpc) is 4.24. The second-order valence-corrected chi connectivity index (χ2v) is 18.7. The van der Waals surface area contributed by atoms with E-state index in [-0.39, 0.29) is 0 Å². The largest absolute Gasteiger partial charge is 0.385 e. The molecule has 0 aromatic rings.